The molecule has 0 radical (unpaired) electrons. The second kappa shape index (κ2) is 8.16. The van der Waals surface area contributed by atoms with Crippen molar-refractivity contribution in [3.63, 3.8) is 0 Å². The Morgan fingerprint density at radius 1 is 1.15 bits per heavy atom. The monoisotopic (exact) mass is 453 g/mol. The van der Waals surface area contributed by atoms with Gasteiger partial charge in [0.2, 0.25) is 0 Å². The minimum atomic E-state index is -0.358. The van der Waals surface area contributed by atoms with Gasteiger partial charge >= 0.3 is 0 Å². The number of aryl methyl sites for hydroxylation is 1. The lowest BCUT2D eigenvalue weighted by Crippen LogP contribution is -2.11. The van der Waals surface area contributed by atoms with Crippen LogP contribution < -0.4 is 10.1 Å². The number of amides is 1. The number of carbonyl (C=O) groups is 1. The third-order valence-electron chi connectivity index (χ3n) is 3.60. The van der Waals surface area contributed by atoms with Crippen molar-refractivity contribution in [3.8, 4) is 5.75 Å². The van der Waals surface area contributed by atoms with Gasteiger partial charge in [0.15, 0.2) is 5.76 Å². The van der Waals surface area contributed by atoms with Crippen LogP contribution in [-0.2, 0) is 6.61 Å². The summed E-state index contributed by atoms with van der Waals surface area (Å²) in [5.41, 5.74) is 1.54. The van der Waals surface area contributed by atoms with Crippen molar-refractivity contribution in [1.82, 2.24) is 0 Å². The third kappa shape index (κ3) is 4.61. The molecule has 0 saturated heterocycles. The molecule has 1 amide bonds. The molecule has 1 heterocycles. The van der Waals surface area contributed by atoms with E-state index < -0.39 is 0 Å². The predicted octanol–water partition coefficient (Wildman–Crippen LogP) is 6.49. The third-order valence-corrected chi connectivity index (χ3v) is 4.62. The maximum atomic E-state index is 12.3. The summed E-state index contributed by atoms with van der Waals surface area (Å²) in [4.78, 5) is 12.3. The summed E-state index contributed by atoms with van der Waals surface area (Å²) < 4.78 is 12.0. The smallest absolute Gasteiger partial charge is 0.291 e. The average molecular weight is 455 g/mol. The Bertz CT molecular complexity index is 956. The topological polar surface area (TPSA) is 51.5 Å². The van der Waals surface area contributed by atoms with Crippen LogP contribution in [0.25, 0.3) is 0 Å². The molecule has 3 rings (SSSR count). The Hall–Kier alpha value is -1.95. The molecular weight excluding hydrogens is 441 g/mol. The van der Waals surface area contributed by atoms with Crippen molar-refractivity contribution >= 4 is 50.7 Å². The number of hydrogen-bond donors (Lipinski definition) is 1. The Balaban J connectivity index is 1.65. The number of anilines is 1. The van der Waals surface area contributed by atoms with Crippen molar-refractivity contribution in [3.05, 3.63) is 80.1 Å². The number of hydrogen-bond acceptors (Lipinski definition) is 3. The van der Waals surface area contributed by atoms with Crippen molar-refractivity contribution in [1.29, 1.82) is 0 Å². The van der Waals surface area contributed by atoms with Gasteiger partial charge in [-0.2, -0.15) is 0 Å². The fraction of sp³-hybridized carbons (Fsp3) is 0.105. The molecule has 134 valence electrons. The van der Waals surface area contributed by atoms with Crippen LogP contribution in [0.4, 0.5) is 5.69 Å². The minimum Gasteiger partial charge on any atom is -0.484 e. The van der Waals surface area contributed by atoms with Gasteiger partial charge in [0.05, 0.1) is 5.02 Å². The van der Waals surface area contributed by atoms with E-state index in [-0.39, 0.29) is 18.3 Å². The number of carbonyl (C=O) groups excluding carboxylic acids is 1. The normalized spacial score (nSPS) is 10.6. The first-order valence-electron chi connectivity index (χ1n) is 7.66. The molecule has 0 atom stereocenters. The van der Waals surface area contributed by atoms with Crippen LogP contribution in [0.1, 0.15) is 21.9 Å². The summed E-state index contributed by atoms with van der Waals surface area (Å²) in [5, 5.41) is 3.82. The molecule has 1 aromatic heterocycles. The van der Waals surface area contributed by atoms with Crippen LogP contribution in [0.5, 0.6) is 5.75 Å². The van der Waals surface area contributed by atoms with Gasteiger partial charge in [0.1, 0.15) is 18.1 Å². The van der Waals surface area contributed by atoms with Crippen molar-refractivity contribution in [2.75, 3.05) is 5.32 Å². The van der Waals surface area contributed by atoms with E-state index in [0.29, 0.717) is 27.2 Å². The molecule has 7 heteroatoms. The molecule has 0 aliphatic rings. The molecule has 0 saturated carbocycles. The largest absolute Gasteiger partial charge is 0.484 e. The summed E-state index contributed by atoms with van der Waals surface area (Å²) in [5.74, 6) is 0.872. The zero-order valence-electron chi connectivity index (χ0n) is 13.7. The van der Waals surface area contributed by atoms with Crippen molar-refractivity contribution < 1.29 is 13.9 Å². The van der Waals surface area contributed by atoms with Crippen LogP contribution in [-0.4, -0.2) is 5.91 Å². The first kappa shape index (κ1) is 18.8. The van der Waals surface area contributed by atoms with E-state index in [1.807, 2.05) is 19.1 Å². The van der Waals surface area contributed by atoms with Crippen LogP contribution >= 0.6 is 39.1 Å². The van der Waals surface area contributed by atoms with Gasteiger partial charge in [-0.25, -0.2) is 0 Å². The summed E-state index contributed by atoms with van der Waals surface area (Å²) in [6, 6.07) is 13.9. The van der Waals surface area contributed by atoms with E-state index in [2.05, 4.69) is 21.2 Å². The van der Waals surface area contributed by atoms with Crippen LogP contribution in [0.3, 0.4) is 0 Å². The van der Waals surface area contributed by atoms with E-state index in [1.54, 1.807) is 36.4 Å². The SMILES string of the molecule is Cc1ccc(Cl)cc1NC(=O)c1ccc(COc2ccc(Br)cc2Cl)o1. The Morgan fingerprint density at radius 3 is 2.73 bits per heavy atom. The summed E-state index contributed by atoms with van der Waals surface area (Å²) in [6.07, 6.45) is 0. The van der Waals surface area contributed by atoms with E-state index >= 15 is 0 Å². The summed E-state index contributed by atoms with van der Waals surface area (Å²) in [7, 11) is 0. The first-order chi connectivity index (χ1) is 12.4. The molecular formula is C19H14BrCl2NO3. The zero-order valence-corrected chi connectivity index (χ0v) is 16.8. The number of nitrogens with one attached hydrogen (secondary N) is 1. The Kier molecular flexibility index (Phi) is 5.91. The van der Waals surface area contributed by atoms with Gasteiger partial charge in [0, 0.05) is 15.2 Å². The molecule has 0 aliphatic carbocycles. The van der Waals surface area contributed by atoms with Crippen molar-refractivity contribution in [2.24, 2.45) is 0 Å². The molecule has 2 aromatic carbocycles. The highest BCUT2D eigenvalue weighted by Gasteiger charge is 2.13. The Morgan fingerprint density at radius 2 is 1.96 bits per heavy atom. The quantitative estimate of drug-likeness (QED) is 0.479. The van der Waals surface area contributed by atoms with Gasteiger partial charge in [0.25, 0.3) is 5.91 Å². The van der Waals surface area contributed by atoms with Gasteiger partial charge in [-0.1, -0.05) is 45.2 Å². The number of halogens is 3. The molecule has 4 nitrogen and oxygen atoms in total. The number of furan rings is 1. The summed E-state index contributed by atoms with van der Waals surface area (Å²) in [6.45, 7) is 2.04. The molecule has 3 aromatic rings. The van der Waals surface area contributed by atoms with Crippen LogP contribution in [0.15, 0.2) is 57.4 Å². The maximum Gasteiger partial charge on any atom is 0.291 e. The minimum absolute atomic E-state index is 0.158. The maximum absolute atomic E-state index is 12.3. The second-order valence-corrected chi connectivity index (χ2v) is 7.30. The number of ether oxygens (including phenoxy) is 1. The standard InChI is InChI=1S/C19H14BrCl2NO3/c1-11-2-4-13(21)9-16(11)23-19(24)18-7-5-14(26-18)10-25-17-6-3-12(20)8-15(17)22/h2-9H,10H2,1H3,(H,23,24). The number of rotatable bonds is 5. The lowest BCUT2D eigenvalue weighted by molar-refractivity contribution is 0.0992. The van der Waals surface area contributed by atoms with Gasteiger partial charge in [-0.3, -0.25) is 4.79 Å². The highest BCUT2D eigenvalue weighted by molar-refractivity contribution is 9.10. The average Bonchev–Trinajstić information content (AvgIpc) is 3.06. The fourth-order valence-corrected chi connectivity index (χ4v) is 3.13. The van der Waals surface area contributed by atoms with Gasteiger partial charge in [-0.15, -0.1) is 0 Å². The molecule has 0 spiro atoms. The highest BCUT2D eigenvalue weighted by atomic mass is 79.9. The fourth-order valence-electron chi connectivity index (χ4n) is 2.23. The molecule has 1 N–H and O–H groups in total. The van der Waals surface area contributed by atoms with Crippen LogP contribution in [0, 0.1) is 6.92 Å². The second-order valence-electron chi connectivity index (χ2n) is 5.54. The van der Waals surface area contributed by atoms with Crippen molar-refractivity contribution in [2.45, 2.75) is 13.5 Å². The highest BCUT2D eigenvalue weighted by Crippen LogP contribution is 2.28. The molecule has 0 fully saturated rings. The molecule has 0 aliphatic heterocycles. The van der Waals surface area contributed by atoms with E-state index in [0.717, 1.165) is 10.0 Å². The lowest BCUT2D eigenvalue weighted by Gasteiger charge is -2.08. The van der Waals surface area contributed by atoms with Gasteiger partial charge in [-0.05, 0) is 55.0 Å². The molecule has 26 heavy (non-hydrogen) atoms. The van der Waals surface area contributed by atoms with E-state index in [1.165, 1.54) is 0 Å². The lowest BCUT2D eigenvalue weighted by atomic mass is 10.2. The predicted molar refractivity (Wildman–Crippen MR) is 106 cm³/mol. The molecule has 0 unspecified atom stereocenters. The van der Waals surface area contributed by atoms with E-state index in [4.69, 9.17) is 32.4 Å². The number of benzene rings is 2. The van der Waals surface area contributed by atoms with Crippen LogP contribution in [0.2, 0.25) is 10.0 Å². The zero-order chi connectivity index (χ0) is 18.7. The summed E-state index contributed by atoms with van der Waals surface area (Å²) >= 11 is 15.4. The van der Waals surface area contributed by atoms with Gasteiger partial charge < -0.3 is 14.5 Å². The van der Waals surface area contributed by atoms with E-state index in [9.17, 15) is 4.79 Å². The first-order valence-corrected chi connectivity index (χ1v) is 9.21. The molecule has 0 bridgehead atoms. The Labute approximate surface area is 169 Å².